The van der Waals surface area contributed by atoms with Gasteiger partial charge in [0.25, 0.3) is 11.8 Å². The maximum absolute atomic E-state index is 12.2. The number of carbonyl (C=O) groups is 2. The molecule has 0 spiro atoms. The fraction of sp³-hybridized carbons (Fsp3) is 0.222. The van der Waals surface area contributed by atoms with Crippen LogP contribution in [0.15, 0.2) is 77.9 Å². The van der Waals surface area contributed by atoms with Gasteiger partial charge in [-0.2, -0.15) is 5.10 Å². The number of anilines is 1. The normalized spacial score (nSPS) is 13.5. The Morgan fingerprint density at radius 1 is 0.917 bits per heavy atom. The second kappa shape index (κ2) is 13.0. The van der Waals surface area contributed by atoms with Crippen LogP contribution in [0.2, 0.25) is 0 Å². The zero-order valence-corrected chi connectivity index (χ0v) is 21.4. The standard InChI is InChI=1S/C27H27N3O4S2/c1-19-6-10-22(11-7-19)29-25(31)17-34-24-5-3-2-4-21(24)16-28-30-26(32)18-33-23-12-8-20(9-13-23)27-35-14-15-36-27/h2-13,16,27H,14-15,17-18H2,1H3,(H,29,31)(H,30,32)/b28-16-. The molecule has 0 radical (unpaired) electrons. The molecule has 186 valence electrons. The number of para-hydroxylation sites is 1. The highest BCUT2D eigenvalue weighted by molar-refractivity contribution is 8.19. The molecule has 1 heterocycles. The Labute approximate surface area is 219 Å². The number of nitrogens with zero attached hydrogens (tertiary/aromatic N) is 1. The first-order chi connectivity index (χ1) is 17.6. The quantitative estimate of drug-likeness (QED) is 0.288. The van der Waals surface area contributed by atoms with Gasteiger partial charge in [-0.1, -0.05) is 42.0 Å². The van der Waals surface area contributed by atoms with Crippen molar-refractivity contribution < 1.29 is 19.1 Å². The van der Waals surface area contributed by atoms with Crippen LogP contribution in [0.3, 0.4) is 0 Å². The van der Waals surface area contributed by atoms with Crippen molar-refractivity contribution in [3.05, 3.63) is 89.5 Å². The van der Waals surface area contributed by atoms with E-state index >= 15 is 0 Å². The van der Waals surface area contributed by atoms with Crippen LogP contribution in [0.25, 0.3) is 0 Å². The van der Waals surface area contributed by atoms with E-state index in [4.69, 9.17) is 9.47 Å². The zero-order chi connectivity index (χ0) is 25.2. The first kappa shape index (κ1) is 25.7. The van der Waals surface area contributed by atoms with Crippen molar-refractivity contribution in [2.24, 2.45) is 5.10 Å². The summed E-state index contributed by atoms with van der Waals surface area (Å²) < 4.78 is 11.7. The average molecular weight is 522 g/mol. The number of hydrazone groups is 1. The highest BCUT2D eigenvalue weighted by atomic mass is 32.2. The van der Waals surface area contributed by atoms with Gasteiger partial charge >= 0.3 is 0 Å². The van der Waals surface area contributed by atoms with E-state index in [0.717, 1.165) is 5.56 Å². The van der Waals surface area contributed by atoms with Gasteiger partial charge < -0.3 is 14.8 Å². The Hall–Kier alpha value is -3.43. The molecule has 1 saturated heterocycles. The van der Waals surface area contributed by atoms with Crippen LogP contribution in [0.1, 0.15) is 21.3 Å². The summed E-state index contributed by atoms with van der Waals surface area (Å²) in [6.07, 6.45) is 1.47. The second-order valence-electron chi connectivity index (χ2n) is 7.97. The topological polar surface area (TPSA) is 89.0 Å². The molecule has 0 aromatic heterocycles. The van der Waals surface area contributed by atoms with E-state index in [1.54, 1.807) is 18.2 Å². The SMILES string of the molecule is Cc1ccc(NC(=O)COc2ccccc2/C=N\NC(=O)COc2ccc(C3SCCS3)cc2)cc1. The lowest BCUT2D eigenvalue weighted by molar-refractivity contribution is -0.123. The molecule has 1 fully saturated rings. The number of thioether (sulfide) groups is 2. The van der Waals surface area contributed by atoms with Crippen molar-refractivity contribution in [3.8, 4) is 11.5 Å². The summed E-state index contributed by atoms with van der Waals surface area (Å²) in [7, 11) is 0. The van der Waals surface area contributed by atoms with Gasteiger partial charge in [0.2, 0.25) is 0 Å². The molecule has 2 N–H and O–H groups in total. The molecule has 0 bridgehead atoms. The van der Waals surface area contributed by atoms with E-state index in [9.17, 15) is 9.59 Å². The Morgan fingerprint density at radius 3 is 2.36 bits per heavy atom. The monoisotopic (exact) mass is 521 g/mol. The number of rotatable bonds is 10. The number of hydrogen-bond donors (Lipinski definition) is 2. The lowest BCUT2D eigenvalue weighted by Crippen LogP contribution is -2.24. The Kier molecular flexibility index (Phi) is 9.29. The third-order valence-corrected chi connectivity index (χ3v) is 8.25. The van der Waals surface area contributed by atoms with Crippen molar-refractivity contribution in [2.75, 3.05) is 30.0 Å². The van der Waals surface area contributed by atoms with Crippen molar-refractivity contribution in [1.29, 1.82) is 0 Å². The summed E-state index contributed by atoms with van der Waals surface area (Å²) in [6.45, 7) is 1.67. The lowest BCUT2D eigenvalue weighted by Gasteiger charge is -2.10. The molecule has 36 heavy (non-hydrogen) atoms. The molecule has 7 nitrogen and oxygen atoms in total. The molecule has 2 amide bonds. The molecule has 4 rings (SSSR count). The minimum Gasteiger partial charge on any atom is -0.484 e. The number of carbonyl (C=O) groups excluding carboxylic acids is 2. The molecular formula is C27H27N3O4S2. The highest BCUT2D eigenvalue weighted by Crippen LogP contribution is 2.45. The van der Waals surface area contributed by atoms with Crippen molar-refractivity contribution in [1.82, 2.24) is 5.43 Å². The molecule has 1 aliphatic rings. The van der Waals surface area contributed by atoms with E-state index < -0.39 is 0 Å². The summed E-state index contributed by atoms with van der Waals surface area (Å²) in [6, 6.07) is 22.5. The Morgan fingerprint density at radius 2 is 1.61 bits per heavy atom. The molecule has 3 aromatic rings. The summed E-state index contributed by atoms with van der Waals surface area (Å²) in [4.78, 5) is 24.4. The van der Waals surface area contributed by atoms with Crippen LogP contribution in [-0.2, 0) is 9.59 Å². The number of ether oxygens (including phenoxy) is 2. The van der Waals surface area contributed by atoms with Crippen LogP contribution in [0, 0.1) is 6.92 Å². The smallest absolute Gasteiger partial charge is 0.277 e. The fourth-order valence-corrected chi connectivity index (χ4v) is 6.18. The Balaban J connectivity index is 1.22. The van der Waals surface area contributed by atoms with E-state index in [1.807, 2.05) is 85.0 Å². The predicted octanol–water partition coefficient (Wildman–Crippen LogP) is 5.02. The fourth-order valence-electron chi connectivity index (χ4n) is 3.32. The van der Waals surface area contributed by atoms with Gasteiger partial charge in [0.05, 0.1) is 10.8 Å². The third-order valence-electron chi connectivity index (χ3n) is 5.15. The van der Waals surface area contributed by atoms with Gasteiger partial charge in [-0.25, -0.2) is 5.43 Å². The first-order valence-corrected chi connectivity index (χ1v) is 13.5. The summed E-state index contributed by atoms with van der Waals surface area (Å²) >= 11 is 3.89. The van der Waals surface area contributed by atoms with Crippen LogP contribution in [-0.4, -0.2) is 42.7 Å². The van der Waals surface area contributed by atoms with Gasteiger partial charge in [-0.05, 0) is 48.9 Å². The molecule has 0 saturated carbocycles. The van der Waals surface area contributed by atoms with Gasteiger partial charge in [-0.3, -0.25) is 9.59 Å². The minimum absolute atomic E-state index is 0.152. The second-order valence-corrected chi connectivity index (χ2v) is 10.7. The van der Waals surface area contributed by atoms with E-state index in [1.165, 1.54) is 23.3 Å². The molecular weight excluding hydrogens is 494 g/mol. The molecule has 0 unspecified atom stereocenters. The van der Waals surface area contributed by atoms with E-state index in [2.05, 4.69) is 15.8 Å². The maximum atomic E-state index is 12.2. The van der Waals surface area contributed by atoms with Crippen molar-refractivity contribution in [2.45, 2.75) is 11.5 Å². The molecule has 9 heteroatoms. The summed E-state index contributed by atoms with van der Waals surface area (Å²) in [5, 5.41) is 6.78. The zero-order valence-electron chi connectivity index (χ0n) is 19.8. The van der Waals surface area contributed by atoms with Gasteiger partial charge in [0, 0.05) is 22.8 Å². The van der Waals surface area contributed by atoms with Crippen LogP contribution in [0.5, 0.6) is 11.5 Å². The van der Waals surface area contributed by atoms with Crippen LogP contribution in [0.4, 0.5) is 5.69 Å². The largest absolute Gasteiger partial charge is 0.484 e. The van der Waals surface area contributed by atoms with Crippen molar-refractivity contribution in [3.63, 3.8) is 0 Å². The number of aryl methyl sites for hydroxylation is 1. The molecule has 0 atom stereocenters. The predicted molar refractivity (Wildman–Crippen MR) is 147 cm³/mol. The molecule has 3 aromatic carbocycles. The lowest BCUT2D eigenvalue weighted by atomic mass is 10.2. The Bertz CT molecular complexity index is 1190. The number of amides is 2. The van der Waals surface area contributed by atoms with Crippen LogP contribution < -0.4 is 20.2 Å². The number of nitrogens with one attached hydrogen (secondary N) is 2. The van der Waals surface area contributed by atoms with Crippen LogP contribution >= 0.6 is 23.5 Å². The van der Waals surface area contributed by atoms with Crippen molar-refractivity contribution >= 4 is 47.2 Å². The first-order valence-electron chi connectivity index (χ1n) is 11.4. The van der Waals surface area contributed by atoms with Gasteiger partial charge in [0.15, 0.2) is 13.2 Å². The summed E-state index contributed by atoms with van der Waals surface area (Å²) in [5.41, 5.74) is 6.16. The maximum Gasteiger partial charge on any atom is 0.277 e. The summed E-state index contributed by atoms with van der Waals surface area (Å²) in [5.74, 6) is 2.80. The van der Waals surface area contributed by atoms with E-state index in [0.29, 0.717) is 27.3 Å². The highest BCUT2D eigenvalue weighted by Gasteiger charge is 2.18. The minimum atomic E-state index is -0.381. The molecule has 0 aliphatic carbocycles. The average Bonchev–Trinajstić information content (AvgIpc) is 3.44. The molecule has 1 aliphatic heterocycles. The third kappa shape index (κ3) is 7.79. The van der Waals surface area contributed by atoms with E-state index in [-0.39, 0.29) is 25.0 Å². The number of benzene rings is 3. The van der Waals surface area contributed by atoms with Gasteiger partial charge in [-0.15, -0.1) is 23.5 Å². The number of hydrogen-bond acceptors (Lipinski definition) is 7. The van der Waals surface area contributed by atoms with Gasteiger partial charge in [0.1, 0.15) is 11.5 Å².